The molecule has 4 nitrogen and oxygen atoms in total. The lowest BCUT2D eigenvalue weighted by Crippen LogP contribution is -2.06. The summed E-state index contributed by atoms with van der Waals surface area (Å²) in [5.41, 5.74) is -0.398. The minimum Gasteiger partial charge on any atom is -0.493 e. The molecule has 1 aromatic heterocycles. The molecule has 0 saturated carbocycles. The maximum atomic E-state index is 12.5. The number of alkyl halides is 3. The van der Waals surface area contributed by atoms with Crippen LogP contribution in [0.4, 0.5) is 13.2 Å². The van der Waals surface area contributed by atoms with Gasteiger partial charge in [-0.1, -0.05) is 11.8 Å². The third-order valence-corrected chi connectivity index (χ3v) is 4.06. The van der Waals surface area contributed by atoms with Gasteiger partial charge < -0.3 is 9.47 Å². The Labute approximate surface area is 141 Å². The van der Waals surface area contributed by atoms with Crippen LogP contribution in [0.5, 0.6) is 11.5 Å². The zero-order valence-corrected chi connectivity index (χ0v) is 13.7. The van der Waals surface area contributed by atoms with E-state index in [1.165, 1.54) is 20.3 Å². The molecule has 0 N–H and O–H groups in total. The minimum absolute atomic E-state index is 0.0495. The number of hydrogen-bond donors (Lipinski definition) is 0. The van der Waals surface area contributed by atoms with E-state index >= 15 is 0 Å². The molecule has 128 valence electrons. The molecular formula is C16H14F3NO3S. The number of benzene rings is 1. The van der Waals surface area contributed by atoms with Gasteiger partial charge in [-0.15, -0.1) is 0 Å². The zero-order valence-electron chi connectivity index (χ0n) is 12.9. The van der Waals surface area contributed by atoms with Crippen molar-refractivity contribution >= 4 is 17.5 Å². The van der Waals surface area contributed by atoms with Crippen LogP contribution in [0.25, 0.3) is 0 Å². The summed E-state index contributed by atoms with van der Waals surface area (Å²) in [5.74, 6) is 0.795. The molecule has 0 radical (unpaired) electrons. The predicted molar refractivity (Wildman–Crippen MR) is 83.8 cm³/mol. The molecule has 0 saturated heterocycles. The molecule has 2 rings (SSSR count). The second-order valence-electron chi connectivity index (χ2n) is 4.66. The Balaban J connectivity index is 2.03. The molecule has 0 aliphatic heterocycles. The third kappa shape index (κ3) is 4.41. The van der Waals surface area contributed by atoms with Crippen molar-refractivity contribution in [3.8, 4) is 11.5 Å². The summed E-state index contributed by atoms with van der Waals surface area (Å²) < 4.78 is 47.6. The van der Waals surface area contributed by atoms with Crippen LogP contribution in [-0.4, -0.2) is 30.7 Å². The number of methoxy groups -OCH3 is 2. The highest BCUT2D eigenvalue weighted by molar-refractivity contribution is 7.99. The summed E-state index contributed by atoms with van der Waals surface area (Å²) in [7, 11) is 2.96. The van der Waals surface area contributed by atoms with Gasteiger partial charge >= 0.3 is 6.18 Å². The number of carbonyl (C=O) groups excluding carboxylic acids is 1. The van der Waals surface area contributed by atoms with E-state index in [4.69, 9.17) is 9.47 Å². The lowest BCUT2D eigenvalue weighted by atomic mass is 10.1. The van der Waals surface area contributed by atoms with Crippen molar-refractivity contribution < 1.29 is 27.4 Å². The van der Waals surface area contributed by atoms with E-state index in [1.807, 2.05) is 0 Å². The number of carbonyl (C=O) groups is 1. The molecule has 0 bridgehead atoms. The molecule has 2 aromatic rings. The first kappa shape index (κ1) is 18.1. The summed E-state index contributed by atoms with van der Waals surface area (Å²) in [4.78, 5) is 15.9. The average Bonchev–Trinajstić information content (AvgIpc) is 2.58. The van der Waals surface area contributed by atoms with Gasteiger partial charge in [0.25, 0.3) is 0 Å². The van der Waals surface area contributed by atoms with Gasteiger partial charge in [-0.2, -0.15) is 13.2 Å². The van der Waals surface area contributed by atoms with Crippen molar-refractivity contribution in [2.45, 2.75) is 11.2 Å². The summed E-state index contributed by atoms with van der Waals surface area (Å²) >= 11 is 1.07. The Hall–Kier alpha value is -2.22. The Bertz CT molecular complexity index is 717. The van der Waals surface area contributed by atoms with E-state index in [-0.39, 0.29) is 11.5 Å². The summed E-state index contributed by atoms with van der Waals surface area (Å²) in [6, 6.07) is 6.96. The number of halogens is 3. The average molecular weight is 357 g/mol. The zero-order chi connectivity index (χ0) is 17.7. The highest BCUT2D eigenvalue weighted by Gasteiger charge is 2.30. The standard InChI is InChI=1S/C16H14F3NO3S/c1-22-13-5-3-10(7-14(13)23-2)12(21)9-24-15-6-4-11(8-20-15)16(17,18)19/h3-8H,9H2,1-2H3. The third-order valence-electron chi connectivity index (χ3n) is 3.12. The fourth-order valence-corrected chi connectivity index (χ4v) is 2.60. The quantitative estimate of drug-likeness (QED) is 0.576. The van der Waals surface area contributed by atoms with E-state index in [1.54, 1.807) is 18.2 Å². The van der Waals surface area contributed by atoms with E-state index in [0.717, 1.165) is 24.0 Å². The van der Waals surface area contributed by atoms with Crippen LogP contribution in [0.3, 0.4) is 0 Å². The summed E-state index contributed by atoms with van der Waals surface area (Å²) in [6.45, 7) is 0. The molecule has 8 heteroatoms. The van der Waals surface area contributed by atoms with E-state index in [0.29, 0.717) is 22.1 Å². The lowest BCUT2D eigenvalue weighted by Gasteiger charge is -2.09. The number of Topliss-reactive ketones (excluding diaryl/α,β-unsaturated/α-hetero) is 1. The van der Waals surface area contributed by atoms with Crippen molar-refractivity contribution in [3.63, 3.8) is 0 Å². The van der Waals surface area contributed by atoms with Crippen molar-refractivity contribution in [2.24, 2.45) is 0 Å². The first-order valence-electron chi connectivity index (χ1n) is 6.76. The molecule has 0 aliphatic carbocycles. The van der Waals surface area contributed by atoms with Gasteiger partial charge in [0.15, 0.2) is 17.3 Å². The number of ether oxygens (including phenoxy) is 2. The van der Waals surface area contributed by atoms with Crippen LogP contribution in [0, 0.1) is 0 Å². The topological polar surface area (TPSA) is 48.4 Å². The van der Waals surface area contributed by atoms with Crippen molar-refractivity contribution in [1.29, 1.82) is 0 Å². The Morgan fingerprint density at radius 3 is 2.38 bits per heavy atom. The molecule has 24 heavy (non-hydrogen) atoms. The second-order valence-corrected chi connectivity index (χ2v) is 5.66. The normalized spacial score (nSPS) is 11.2. The number of rotatable bonds is 6. The lowest BCUT2D eigenvalue weighted by molar-refractivity contribution is -0.137. The van der Waals surface area contributed by atoms with Gasteiger partial charge in [0.05, 0.1) is 30.6 Å². The molecule has 0 spiro atoms. The Kier molecular flexibility index (Phi) is 5.71. The van der Waals surface area contributed by atoms with E-state index in [2.05, 4.69) is 4.98 Å². The molecule has 1 heterocycles. The molecule has 0 atom stereocenters. The number of aromatic nitrogens is 1. The number of thioether (sulfide) groups is 1. The summed E-state index contributed by atoms with van der Waals surface area (Å²) in [5, 5.41) is 0.344. The monoisotopic (exact) mass is 357 g/mol. The smallest absolute Gasteiger partial charge is 0.417 e. The molecule has 0 unspecified atom stereocenters. The van der Waals surface area contributed by atoms with Gasteiger partial charge in [0.1, 0.15) is 0 Å². The maximum absolute atomic E-state index is 12.5. The van der Waals surface area contributed by atoms with Crippen molar-refractivity contribution in [1.82, 2.24) is 4.98 Å². The van der Waals surface area contributed by atoms with Gasteiger partial charge in [0, 0.05) is 11.8 Å². The van der Waals surface area contributed by atoms with E-state index < -0.39 is 11.7 Å². The largest absolute Gasteiger partial charge is 0.493 e. The van der Waals surface area contributed by atoms with Crippen molar-refractivity contribution in [2.75, 3.05) is 20.0 Å². The molecule has 0 aliphatic rings. The van der Waals surface area contributed by atoms with Gasteiger partial charge in [0.2, 0.25) is 0 Å². The Morgan fingerprint density at radius 2 is 1.83 bits per heavy atom. The van der Waals surface area contributed by atoms with Crippen LogP contribution >= 0.6 is 11.8 Å². The van der Waals surface area contributed by atoms with Gasteiger partial charge in [-0.3, -0.25) is 4.79 Å². The molecule has 0 amide bonds. The van der Waals surface area contributed by atoms with E-state index in [9.17, 15) is 18.0 Å². The highest BCUT2D eigenvalue weighted by Crippen LogP contribution is 2.30. The minimum atomic E-state index is -4.42. The number of pyridine rings is 1. The highest BCUT2D eigenvalue weighted by atomic mass is 32.2. The van der Waals surface area contributed by atoms with Crippen LogP contribution in [0.1, 0.15) is 15.9 Å². The second kappa shape index (κ2) is 7.57. The van der Waals surface area contributed by atoms with Crippen molar-refractivity contribution in [3.05, 3.63) is 47.7 Å². The van der Waals surface area contributed by atoms with Crippen LogP contribution in [-0.2, 0) is 6.18 Å². The SMILES string of the molecule is COc1ccc(C(=O)CSc2ccc(C(F)(F)F)cn2)cc1OC. The fourth-order valence-electron chi connectivity index (χ4n) is 1.87. The fraction of sp³-hybridized carbons (Fsp3) is 0.250. The predicted octanol–water partition coefficient (Wildman–Crippen LogP) is 4.09. The number of ketones is 1. The number of nitrogens with zero attached hydrogens (tertiary/aromatic N) is 1. The van der Waals surface area contributed by atoms with Crippen LogP contribution in [0.15, 0.2) is 41.6 Å². The first-order valence-corrected chi connectivity index (χ1v) is 7.75. The maximum Gasteiger partial charge on any atom is 0.417 e. The molecule has 0 fully saturated rings. The first-order chi connectivity index (χ1) is 11.3. The van der Waals surface area contributed by atoms with Crippen LogP contribution in [0.2, 0.25) is 0 Å². The van der Waals surface area contributed by atoms with Gasteiger partial charge in [-0.25, -0.2) is 4.98 Å². The Morgan fingerprint density at radius 1 is 1.12 bits per heavy atom. The van der Waals surface area contributed by atoms with Gasteiger partial charge in [-0.05, 0) is 30.3 Å². The number of hydrogen-bond acceptors (Lipinski definition) is 5. The van der Waals surface area contributed by atoms with Crippen LogP contribution < -0.4 is 9.47 Å². The molecular weight excluding hydrogens is 343 g/mol. The molecule has 1 aromatic carbocycles. The summed E-state index contributed by atoms with van der Waals surface area (Å²) in [6.07, 6.45) is -3.67.